The average molecular weight is 486 g/mol. The number of hydrogen-bond donors (Lipinski definition) is 1. The van der Waals surface area contributed by atoms with Crippen molar-refractivity contribution >= 4 is 27.3 Å². The Hall–Kier alpha value is -2.63. The maximum absolute atomic E-state index is 13.4. The molecule has 33 heavy (non-hydrogen) atoms. The summed E-state index contributed by atoms with van der Waals surface area (Å²) in [7, 11) is -3.87. The van der Waals surface area contributed by atoms with Crippen LogP contribution in [0.2, 0.25) is 0 Å². The number of anilines is 2. The first-order valence-corrected chi connectivity index (χ1v) is 12.0. The van der Waals surface area contributed by atoms with Gasteiger partial charge in [-0.05, 0) is 44.2 Å². The summed E-state index contributed by atoms with van der Waals surface area (Å²) in [6, 6.07) is 8.77. The number of ether oxygens (including phenoxy) is 1. The molecule has 11 heteroatoms. The molecular formula is C22H26F3N3O4S. The summed E-state index contributed by atoms with van der Waals surface area (Å²) in [6.07, 6.45) is -4.71. The van der Waals surface area contributed by atoms with E-state index in [-0.39, 0.29) is 36.9 Å². The molecule has 1 amide bonds. The first-order valence-electron chi connectivity index (χ1n) is 10.5. The minimum atomic E-state index is -4.71. The van der Waals surface area contributed by atoms with Crippen LogP contribution in [0.3, 0.4) is 0 Å². The molecule has 1 aliphatic heterocycles. The first-order chi connectivity index (χ1) is 15.6. The van der Waals surface area contributed by atoms with E-state index in [0.29, 0.717) is 18.8 Å². The van der Waals surface area contributed by atoms with Crippen LogP contribution in [0.1, 0.15) is 29.8 Å². The van der Waals surface area contributed by atoms with Crippen LogP contribution in [0.4, 0.5) is 24.5 Å². The molecule has 1 heterocycles. The average Bonchev–Trinajstić information content (AvgIpc) is 2.80. The molecule has 2 aromatic rings. The number of amides is 1. The lowest BCUT2D eigenvalue weighted by atomic mass is 10.1. The van der Waals surface area contributed by atoms with Gasteiger partial charge in [-0.2, -0.15) is 17.5 Å². The van der Waals surface area contributed by atoms with E-state index in [0.717, 1.165) is 12.1 Å². The molecule has 0 unspecified atom stereocenters. The van der Waals surface area contributed by atoms with E-state index in [1.54, 1.807) is 6.07 Å². The Bertz CT molecular complexity index is 1100. The number of sulfonamides is 1. The lowest BCUT2D eigenvalue weighted by Crippen LogP contribution is -2.40. The highest BCUT2D eigenvalue weighted by Crippen LogP contribution is 2.34. The lowest BCUT2D eigenvalue weighted by Gasteiger charge is -2.28. The quantitative estimate of drug-likeness (QED) is 0.645. The fraction of sp³-hybridized carbons (Fsp3) is 0.409. The van der Waals surface area contributed by atoms with E-state index >= 15 is 0 Å². The summed E-state index contributed by atoms with van der Waals surface area (Å²) in [5, 5.41) is 2.52. The van der Waals surface area contributed by atoms with Gasteiger partial charge in [0.05, 0.1) is 40.6 Å². The van der Waals surface area contributed by atoms with Crippen molar-refractivity contribution in [3.63, 3.8) is 0 Å². The van der Waals surface area contributed by atoms with Crippen molar-refractivity contribution in [1.82, 2.24) is 4.31 Å². The Labute approximate surface area is 191 Å². The van der Waals surface area contributed by atoms with Crippen molar-refractivity contribution in [2.75, 3.05) is 49.6 Å². The van der Waals surface area contributed by atoms with Crippen LogP contribution in [0.15, 0.2) is 47.4 Å². The molecule has 3 rings (SSSR count). The van der Waals surface area contributed by atoms with Gasteiger partial charge in [0, 0.05) is 26.2 Å². The Morgan fingerprint density at radius 1 is 1.09 bits per heavy atom. The molecule has 1 N–H and O–H groups in total. The number of hydrogen-bond acceptors (Lipinski definition) is 5. The van der Waals surface area contributed by atoms with Gasteiger partial charge in [-0.3, -0.25) is 4.79 Å². The van der Waals surface area contributed by atoms with E-state index < -0.39 is 33.2 Å². The van der Waals surface area contributed by atoms with Crippen LogP contribution in [-0.4, -0.2) is 58.0 Å². The number of carbonyl (C=O) groups is 1. The fourth-order valence-electron chi connectivity index (χ4n) is 3.67. The zero-order valence-corrected chi connectivity index (χ0v) is 19.2. The number of rotatable bonds is 7. The molecule has 0 aliphatic carbocycles. The zero-order chi connectivity index (χ0) is 24.2. The Morgan fingerprint density at radius 3 is 2.33 bits per heavy atom. The second-order valence-electron chi connectivity index (χ2n) is 7.37. The predicted molar refractivity (Wildman–Crippen MR) is 119 cm³/mol. The summed E-state index contributed by atoms with van der Waals surface area (Å²) in [5.41, 5.74) is -0.977. The Morgan fingerprint density at radius 2 is 1.73 bits per heavy atom. The number of nitrogens with zero attached hydrogens (tertiary/aromatic N) is 2. The normalized spacial score (nSPS) is 15.3. The highest BCUT2D eigenvalue weighted by atomic mass is 32.2. The molecule has 0 atom stereocenters. The molecule has 0 saturated carbocycles. The summed E-state index contributed by atoms with van der Waals surface area (Å²) in [6.45, 7) is 5.80. The van der Waals surface area contributed by atoms with Crippen LogP contribution in [-0.2, 0) is 20.9 Å². The van der Waals surface area contributed by atoms with Gasteiger partial charge in [-0.1, -0.05) is 12.1 Å². The summed E-state index contributed by atoms with van der Waals surface area (Å²) in [5.74, 6) is -0.975. The van der Waals surface area contributed by atoms with Crippen molar-refractivity contribution in [3.05, 3.63) is 53.6 Å². The van der Waals surface area contributed by atoms with Gasteiger partial charge >= 0.3 is 6.18 Å². The maximum atomic E-state index is 13.4. The molecule has 2 aromatic carbocycles. The van der Waals surface area contributed by atoms with Crippen molar-refractivity contribution < 1.29 is 31.1 Å². The molecule has 0 radical (unpaired) electrons. The van der Waals surface area contributed by atoms with Crippen LogP contribution in [0.25, 0.3) is 0 Å². The molecule has 0 spiro atoms. The molecule has 1 saturated heterocycles. The van der Waals surface area contributed by atoms with E-state index in [2.05, 4.69) is 5.32 Å². The van der Waals surface area contributed by atoms with Gasteiger partial charge in [0.15, 0.2) is 0 Å². The molecule has 1 aliphatic rings. The fourth-order valence-corrected chi connectivity index (χ4v) is 5.10. The van der Waals surface area contributed by atoms with Crippen molar-refractivity contribution in [2.24, 2.45) is 0 Å². The smallest absolute Gasteiger partial charge is 0.379 e. The molecule has 0 bridgehead atoms. The van der Waals surface area contributed by atoms with Crippen molar-refractivity contribution in [1.29, 1.82) is 0 Å². The molecule has 7 nitrogen and oxygen atoms in total. The monoisotopic (exact) mass is 485 g/mol. The van der Waals surface area contributed by atoms with Crippen LogP contribution in [0, 0.1) is 0 Å². The van der Waals surface area contributed by atoms with Crippen molar-refractivity contribution in [3.8, 4) is 0 Å². The summed E-state index contributed by atoms with van der Waals surface area (Å²) < 4.78 is 72.9. The standard InChI is InChI=1S/C22H26F3N3O4S/c1-3-27(4-2)20-10-9-16(33(30,31)28-11-13-32-14-12-28)15-19(20)26-21(29)17-7-5-6-8-18(17)22(23,24)25/h5-10,15H,3-4,11-14H2,1-2H3,(H,26,29). The SMILES string of the molecule is CCN(CC)c1ccc(S(=O)(=O)N2CCOCC2)cc1NC(=O)c1ccccc1C(F)(F)F. The third-order valence-corrected chi connectivity index (χ3v) is 7.30. The van der Waals surface area contributed by atoms with Gasteiger partial charge in [0.2, 0.25) is 10.0 Å². The number of benzene rings is 2. The minimum absolute atomic E-state index is 0.0558. The highest BCUT2D eigenvalue weighted by Gasteiger charge is 2.35. The lowest BCUT2D eigenvalue weighted by molar-refractivity contribution is -0.137. The van der Waals surface area contributed by atoms with Crippen molar-refractivity contribution in [2.45, 2.75) is 24.9 Å². The number of halogens is 3. The van der Waals surface area contributed by atoms with Gasteiger partial charge < -0.3 is 15.0 Å². The molecule has 0 aromatic heterocycles. The topological polar surface area (TPSA) is 79.0 Å². The summed E-state index contributed by atoms with van der Waals surface area (Å²) >= 11 is 0. The van der Waals surface area contributed by atoms with Crippen LogP contribution >= 0.6 is 0 Å². The molecule has 1 fully saturated rings. The van der Waals surface area contributed by atoms with Crippen LogP contribution in [0.5, 0.6) is 0 Å². The van der Waals surface area contributed by atoms with E-state index in [9.17, 15) is 26.4 Å². The van der Waals surface area contributed by atoms with Gasteiger partial charge in [-0.25, -0.2) is 8.42 Å². The number of morpholine rings is 1. The predicted octanol–water partition coefficient (Wildman–Crippen LogP) is 3.82. The number of nitrogens with one attached hydrogen (secondary N) is 1. The number of alkyl halides is 3. The number of carbonyl (C=O) groups excluding carboxylic acids is 1. The third kappa shape index (κ3) is 5.48. The first kappa shape index (κ1) is 25.0. The largest absolute Gasteiger partial charge is 0.417 e. The van der Waals surface area contributed by atoms with E-state index in [1.165, 1.54) is 28.6 Å². The Balaban J connectivity index is 2.04. The summed E-state index contributed by atoms with van der Waals surface area (Å²) in [4.78, 5) is 14.7. The van der Waals surface area contributed by atoms with Gasteiger partial charge in [0.25, 0.3) is 5.91 Å². The Kier molecular flexibility index (Phi) is 7.65. The highest BCUT2D eigenvalue weighted by molar-refractivity contribution is 7.89. The van der Waals surface area contributed by atoms with Gasteiger partial charge in [-0.15, -0.1) is 0 Å². The second kappa shape index (κ2) is 10.1. The molecular weight excluding hydrogens is 459 g/mol. The van der Waals surface area contributed by atoms with E-state index in [1.807, 2.05) is 18.7 Å². The van der Waals surface area contributed by atoms with Gasteiger partial charge in [0.1, 0.15) is 0 Å². The second-order valence-corrected chi connectivity index (χ2v) is 9.30. The third-order valence-electron chi connectivity index (χ3n) is 5.41. The maximum Gasteiger partial charge on any atom is 0.417 e. The van der Waals surface area contributed by atoms with Crippen LogP contribution < -0.4 is 10.2 Å². The minimum Gasteiger partial charge on any atom is -0.379 e. The zero-order valence-electron chi connectivity index (χ0n) is 18.4. The molecule has 180 valence electrons. The van der Waals surface area contributed by atoms with E-state index in [4.69, 9.17) is 4.74 Å².